The maximum absolute atomic E-state index is 5.88. The molecule has 0 aliphatic carbocycles. The zero-order valence-electron chi connectivity index (χ0n) is 11.6. The lowest BCUT2D eigenvalue weighted by atomic mass is 9.84. The summed E-state index contributed by atoms with van der Waals surface area (Å²) < 4.78 is 0. The first-order chi connectivity index (χ1) is 7.92. The number of hydrogen-bond donors (Lipinski definition) is 1. The first-order valence-corrected chi connectivity index (χ1v) is 6.38. The Hall–Kier alpha value is -1.02. The molecule has 0 saturated heterocycles. The van der Waals surface area contributed by atoms with Crippen molar-refractivity contribution in [2.45, 2.75) is 27.2 Å². The van der Waals surface area contributed by atoms with E-state index >= 15 is 0 Å². The van der Waals surface area contributed by atoms with Crippen LogP contribution in [0.5, 0.6) is 0 Å². The average Bonchev–Trinajstić information content (AvgIpc) is 2.27. The van der Waals surface area contributed by atoms with E-state index in [0.29, 0.717) is 11.3 Å². The molecule has 1 aromatic carbocycles. The molecule has 2 nitrogen and oxygen atoms in total. The van der Waals surface area contributed by atoms with E-state index in [9.17, 15) is 0 Å². The van der Waals surface area contributed by atoms with Crippen molar-refractivity contribution in [3.8, 4) is 0 Å². The number of para-hydroxylation sites is 1. The Morgan fingerprint density at radius 2 is 1.76 bits per heavy atom. The third-order valence-electron chi connectivity index (χ3n) is 2.96. The quantitative estimate of drug-likeness (QED) is 0.848. The summed E-state index contributed by atoms with van der Waals surface area (Å²) in [6.07, 6.45) is 1.17. The maximum atomic E-state index is 5.88. The first-order valence-electron chi connectivity index (χ1n) is 6.38. The van der Waals surface area contributed by atoms with Crippen LogP contribution in [-0.2, 0) is 0 Å². The van der Waals surface area contributed by atoms with Gasteiger partial charge in [0.25, 0.3) is 0 Å². The van der Waals surface area contributed by atoms with Crippen LogP contribution < -0.4 is 10.6 Å². The summed E-state index contributed by atoms with van der Waals surface area (Å²) in [5.41, 5.74) is 7.49. The highest BCUT2D eigenvalue weighted by molar-refractivity contribution is 5.44. The number of hydrogen-bond acceptors (Lipinski definition) is 2. The predicted molar refractivity (Wildman–Crippen MR) is 76.3 cm³/mol. The van der Waals surface area contributed by atoms with Gasteiger partial charge in [0.2, 0.25) is 0 Å². The molecule has 1 unspecified atom stereocenters. The van der Waals surface area contributed by atoms with Gasteiger partial charge in [-0.3, -0.25) is 0 Å². The molecule has 0 aliphatic heterocycles. The van der Waals surface area contributed by atoms with Crippen molar-refractivity contribution in [2.75, 3.05) is 25.0 Å². The van der Waals surface area contributed by atoms with Gasteiger partial charge in [0.15, 0.2) is 0 Å². The summed E-state index contributed by atoms with van der Waals surface area (Å²) in [6.45, 7) is 8.61. The Balaban J connectivity index is 2.57. The van der Waals surface area contributed by atoms with E-state index in [1.54, 1.807) is 0 Å². The van der Waals surface area contributed by atoms with Crippen molar-refractivity contribution in [2.24, 2.45) is 17.1 Å². The van der Waals surface area contributed by atoms with Gasteiger partial charge in [-0.1, -0.05) is 39.0 Å². The van der Waals surface area contributed by atoms with Crippen molar-refractivity contribution >= 4 is 5.69 Å². The summed E-state index contributed by atoms with van der Waals surface area (Å²) >= 11 is 0. The monoisotopic (exact) mass is 234 g/mol. The van der Waals surface area contributed by atoms with Gasteiger partial charge in [0.05, 0.1) is 0 Å². The molecule has 1 rings (SSSR count). The molecular formula is C15H26N2. The number of rotatable bonds is 5. The molecule has 17 heavy (non-hydrogen) atoms. The Bertz CT molecular complexity index is 313. The van der Waals surface area contributed by atoms with E-state index in [-0.39, 0.29) is 0 Å². The predicted octanol–water partition coefficient (Wildman–Crippen LogP) is 3.13. The fourth-order valence-corrected chi connectivity index (χ4v) is 2.26. The van der Waals surface area contributed by atoms with Crippen LogP contribution in [0.3, 0.4) is 0 Å². The number of benzene rings is 1. The summed E-state index contributed by atoms with van der Waals surface area (Å²) in [4.78, 5) is 2.29. The van der Waals surface area contributed by atoms with E-state index in [1.165, 1.54) is 12.1 Å². The van der Waals surface area contributed by atoms with Gasteiger partial charge in [-0.25, -0.2) is 0 Å². The molecule has 96 valence electrons. The lowest BCUT2D eigenvalue weighted by molar-refractivity contribution is 0.300. The molecule has 2 N–H and O–H groups in total. The van der Waals surface area contributed by atoms with Crippen molar-refractivity contribution in [1.29, 1.82) is 0 Å². The third kappa shape index (κ3) is 5.22. The molecule has 0 fully saturated rings. The minimum absolute atomic E-state index is 0.349. The molecule has 0 saturated carbocycles. The summed E-state index contributed by atoms with van der Waals surface area (Å²) in [7, 11) is 2.14. The highest BCUT2D eigenvalue weighted by atomic mass is 15.1. The maximum Gasteiger partial charge on any atom is 0.0363 e. The molecule has 1 aromatic rings. The number of anilines is 1. The van der Waals surface area contributed by atoms with Gasteiger partial charge < -0.3 is 10.6 Å². The second-order valence-corrected chi connectivity index (χ2v) is 6.08. The molecule has 0 aliphatic rings. The molecule has 0 bridgehead atoms. The van der Waals surface area contributed by atoms with Gasteiger partial charge >= 0.3 is 0 Å². The fourth-order valence-electron chi connectivity index (χ4n) is 2.26. The van der Waals surface area contributed by atoms with Crippen molar-refractivity contribution in [3.05, 3.63) is 30.3 Å². The third-order valence-corrected chi connectivity index (χ3v) is 2.96. The lowest BCUT2D eigenvalue weighted by Crippen LogP contribution is -2.32. The van der Waals surface area contributed by atoms with Crippen LogP contribution in [0.2, 0.25) is 0 Å². The Labute approximate surface area is 106 Å². The standard InChI is InChI=1S/C15H26N2/c1-15(2,3)10-13(11-16)12-17(4)14-8-6-5-7-9-14/h5-9,13H,10-12,16H2,1-4H3. The lowest BCUT2D eigenvalue weighted by Gasteiger charge is -2.29. The van der Waals surface area contributed by atoms with Crippen molar-refractivity contribution < 1.29 is 0 Å². The second-order valence-electron chi connectivity index (χ2n) is 6.08. The van der Waals surface area contributed by atoms with Crippen molar-refractivity contribution in [1.82, 2.24) is 0 Å². The first kappa shape index (κ1) is 14.0. The summed E-state index contributed by atoms with van der Waals surface area (Å²) in [6, 6.07) is 10.5. The normalized spacial score (nSPS) is 13.5. The van der Waals surface area contributed by atoms with Crippen LogP contribution in [-0.4, -0.2) is 20.1 Å². The smallest absolute Gasteiger partial charge is 0.0363 e. The van der Waals surface area contributed by atoms with Gasteiger partial charge in [0.1, 0.15) is 0 Å². The molecule has 0 spiro atoms. The Morgan fingerprint density at radius 3 is 2.24 bits per heavy atom. The van der Waals surface area contributed by atoms with Crippen LogP contribution >= 0.6 is 0 Å². The van der Waals surface area contributed by atoms with E-state index in [1.807, 2.05) is 6.07 Å². The van der Waals surface area contributed by atoms with Crippen LogP contribution in [0, 0.1) is 11.3 Å². The largest absolute Gasteiger partial charge is 0.374 e. The van der Waals surface area contributed by atoms with Crippen LogP contribution in [0.4, 0.5) is 5.69 Å². The van der Waals surface area contributed by atoms with Gasteiger partial charge in [-0.15, -0.1) is 0 Å². The highest BCUT2D eigenvalue weighted by Crippen LogP contribution is 2.25. The molecule has 0 heterocycles. The summed E-state index contributed by atoms with van der Waals surface area (Å²) in [5.74, 6) is 0.556. The van der Waals surface area contributed by atoms with E-state index in [0.717, 1.165) is 13.1 Å². The van der Waals surface area contributed by atoms with E-state index in [4.69, 9.17) is 5.73 Å². The molecule has 0 radical (unpaired) electrons. The SMILES string of the molecule is CN(CC(CN)CC(C)(C)C)c1ccccc1. The van der Waals surface area contributed by atoms with Gasteiger partial charge in [0, 0.05) is 19.3 Å². The molecular weight excluding hydrogens is 208 g/mol. The van der Waals surface area contributed by atoms with Crippen LogP contribution in [0.1, 0.15) is 27.2 Å². The van der Waals surface area contributed by atoms with Crippen LogP contribution in [0.25, 0.3) is 0 Å². The molecule has 0 amide bonds. The van der Waals surface area contributed by atoms with Crippen LogP contribution in [0.15, 0.2) is 30.3 Å². The van der Waals surface area contributed by atoms with E-state index in [2.05, 4.69) is 57.0 Å². The van der Waals surface area contributed by atoms with Crippen molar-refractivity contribution in [3.63, 3.8) is 0 Å². The molecule has 2 heteroatoms. The Morgan fingerprint density at radius 1 is 1.18 bits per heavy atom. The molecule has 1 atom stereocenters. The zero-order chi connectivity index (χ0) is 12.9. The minimum Gasteiger partial charge on any atom is -0.374 e. The Kier molecular flexibility index (Phi) is 5.01. The second kappa shape index (κ2) is 6.06. The molecule has 0 aromatic heterocycles. The highest BCUT2D eigenvalue weighted by Gasteiger charge is 2.19. The average molecular weight is 234 g/mol. The fraction of sp³-hybridized carbons (Fsp3) is 0.600. The topological polar surface area (TPSA) is 29.3 Å². The number of nitrogens with two attached hydrogens (primary N) is 1. The van der Waals surface area contributed by atoms with Gasteiger partial charge in [-0.2, -0.15) is 0 Å². The minimum atomic E-state index is 0.349. The number of nitrogens with zero attached hydrogens (tertiary/aromatic N) is 1. The van der Waals surface area contributed by atoms with E-state index < -0.39 is 0 Å². The zero-order valence-corrected chi connectivity index (χ0v) is 11.6. The summed E-state index contributed by atoms with van der Waals surface area (Å²) in [5, 5.41) is 0. The van der Waals surface area contributed by atoms with Gasteiger partial charge in [-0.05, 0) is 36.4 Å².